The Kier molecular flexibility index (Phi) is 3.62. The van der Waals surface area contributed by atoms with Crippen LogP contribution in [0.1, 0.15) is 5.56 Å². The van der Waals surface area contributed by atoms with E-state index in [0.717, 1.165) is 17.0 Å². The normalized spacial score (nSPS) is 13.5. The van der Waals surface area contributed by atoms with Crippen LogP contribution in [-0.4, -0.2) is 12.5 Å². The van der Waals surface area contributed by atoms with Crippen LogP contribution in [0.4, 0.5) is 24.5 Å². The molecule has 1 aliphatic rings. The fourth-order valence-corrected chi connectivity index (χ4v) is 3.33. The summed E-state index contributed by atoms with van der Waals surface area (Å²) in [5, 5.41) is 0. The molecule has 2 N–H and O–H groups in total. The topological polar surface area (TPSA) is 46.3 Å². The van der Waals surface area contributed by atoms with Gasteiger partial charge in [-0.15, -0.1) is 0 Å². The first kappa shape index (κ1) is 14.9. The van der Waals surface area contributed by atoms with Crippen LogP contribution < -0.4 is 10.6 Å². The van der Waals surface area contributed by atoms with Crippen LogP contribution in [0.2, 0.25) is 0 Å². The molecule has 0 saturated heterocycles. The minimum Gasteiger partial charge on any atom is -0.322 e. The van der Waals surface area contributed by atoms with Crippen LogP contribution in [0.3, 0.4) is 0 Å². The van der Waals surface area contributed by atoms with Gasteiger partial charge in [0.05, 0.1) is 23.5 Å². The molecule has 2 aromatic rings. The average molecular weight is 324 g/mol. The van der Waals surface area contributed by atoms with Crippen molar-refractivity contribution in [3.05, 3.63) is 48.0 Å². The van der Waals surface area contributed by atoms with E-state index in [1.165, 1.54) is 22.7 Å². The second kappa shape index (κ2) is 5.33. The zero-order valence-corrected chi connectivity index (χ0v) is 12.0. The van der Waals surface area contributed by atoms with Crippen molar-refractivity contribution in [2.75, 3.05) is 11.4 Å². The maximum atomic E-state index is 12.9. The summed E-state index contributed by atoms with van der Waals surface area (Å²) in [6.45, 7) is -0.283. The van der Waals surface area contributed by atoms with E-state index < -0.39 is 17.6 Å². The number of amides is 1. The highest BCUT2D eigenvalue weighted by Crippen LogP contribution is 2.49. The first-order chi connectivity index (χ1) is 10.4. The maximum Gasteiger partial charge on any atom is 0.416 e. The number of benzene rings is 2. The number of carbonyl (C=O) groups is 1. The number of nitrogens with zero attached hydrogens (tertiary/aromatic N) is 1. The fraction of sp³-hybridized carbons (Fsp3) is 0.133. The van der Waals surface area contributed by atoms with E-state index in [9.17, 15) is 18.0 Å². The molecule has 1 amide bonds. The second-order valence-electron chi connectivity index (χ2n) is 4.68. The number of rotatable bonds is 1. The van der Waals surface area contributed by atoms with Crippen molar-refractivity contribution in [3.8, 4) is 0 Å². The summed E-state index contributed by atoms with van der Waals surface area (Å²) in [6, 6.07) is 10.4. The van der Waals surface area contributed by atoms with Crippen molar-refractivity contribution in [1.82, 2.24) is 0 Å². The number of halogens is 3. The predicted molar refractivity (Wildman–Crippen MR) is 78.2 cm³/mol. The van der Waals surface area contributed by atoms with Gasteiger partial charge in [0.25, 0.3) is 0 Å². The summed E-state index contributed by atoms with van der Waals surface area (Å²) < 4.78 is 38.8. The molecule has 22 heavy (non-hydrogen) atoms. The monoisotopic (exact) mass is 324 g/mol. The van der Waals surface area contributed by atoms with Gasteiger partial charge < -0.3 is 5.73 Å². The largest absolute Gasteiger partial charge is 0.416 e. The summed E-state index contributed by atoms with van der Waals surface area (Å²) >= 11 is 1.33. The second-order valence-corrected chi connectivity index (χ2v) is 5.77. The standard InChI is InChI=1S/C15H11F3N2OS/c16-15(17,18)9-5-6-13-11(7-9)20(14(21)8-19)10-3-1-2-4-12(10)22-13/h1-7H,8,19H2. The van der Waals surface area contributed by atoms with E-state index in [4.69, 9.17) is 5.73 Å². The minimum atomic E-state index is -4.46. The van der Waals surface area contributed by atoms with E-state index in [0.29, 0.717) is 10.6 Å². The Balaban J connectivity index is 2.19. The van der Waals surface area contributed by atoms with Crippen molar-refractivity contribution in [3.63, 3.8) is 0 Å². The Morgan fingerprint density at radius 3 is 2.45 bits per heavy atom. The average Bonchev–Trinajstić information content (AvgIpc) is 2.50. The van der Waals surface area contributed by atoms with Gasteiger partial charge in [0.15, 0.2) is 0 Å². The van der Waals surface area contributed by atoms with E-state index in [2.05, 4.69) is 0 Å². The molecule has 0 aliphatic carbocycles. The van der Waals surface area contributed by atoms with Crippen LogP contribution >= 0.6 is 11.8 Å². The number of nitrogens with two attached hydrogens (primary N) is 1. The fourth-order valence-electron chi connectivity index (χ4n) is 2.29. The molecule has 7 heteroatoms. The van der Waals surface area contributed by atoms with Crippen molar-refractivity contribution in [1.29, 1.82) is 0 Å². The molecule has 0 bridgehead atoms. The smallest absolute Gasteiger partial charge is 0.322 e. The van der Waals surface area contributed by atoms with E-state index in [-0.39, 0.29) is 12.2 Å². The van der Waals surface area contributed by atoms with Gasteiger partial charge in [0.1, 0.15) is 0 Å². The number of para-hydroxylation sites is 1. The molecule has 3 nitrogen and oxygen atoms in total. The third kappa shape index (κ3) is 2.46. The van der Waals surface area contributed by atoms with Crippen molar-refractivity contribution < 1.29 is 18.0 Å². The molecule has 0 aromatic heterocycles. The molecule has 2 aromatic carbocycles. The lowest BCUT2D eigenvalue weighted by Crippen LogP contribution is -2.34. The quantitative estimate of drug-likeness (QED) is 0.868. The third-order valence-corrected chi connectivity index (χ3v) is 4.41. The van der Waals surface area contributed by atoms with Crippen molar-refractivity contribution >= 4 is 29.0 Å². The van der Waals surface area contributed by atoms with Gasteiger partial charge in [-0.25, -0.2) is 0 Å². The Morgan fingerprint density at radius 2 is 1.77 bits per heavy atom. The Bertz CT molecular complexity index is 746. The van der Waals surface area contributed by atoms with Crippen molar-refractivity contribution in [2.24, 2.45) is 5.73 Å². The summed E-state index contributed by atoms with van der Waals surface area (Å²) in [7, 11) is 0. The number of anilines is 2. The van der Waals surface area contributed by atoms with Gasteiger partial charge >= 0.3 is 6.18 Å². The molecule has 114 valence electrons. The van der Waals surface area contributed by atoms with Crippen LogP contribution in [0.25, 0.3) is 0 Å². The Labute approximate surface area is 128 Å². The molecule has 0 fully saturated rings. The van der Waals surface area contributed by atoms with E-state index >= 15 is 0 Å². The van der Waals surface area contributed by atoms with Gasteiger partial charge in [-0.05, 0) is 30.3 Å². The zero-order valence-electron chi connectivity index (χ0n) is 11.2. The SMILES string of the molecule is NCC(=O)N1c2ccccc2Sc2ccc(C(F)(F)F)cc21. The third-order valence-electron chi connectivity index (χ3n) is 3.28. The highest BCUT2D eigenvalue weighted by Gasteiger charge is 2.34. The molecule has 1 heterocycles. The van der Waals surface area contributed by atoms with Gasteiger partial charge in [0, 0.05) is 9.79 Å². The summed E-state index contributed by atoms with van der Waals surface area (Å²) in [5.74, 6) is -0.451. The molecular formula is C15H11F3N2OS. The number of fused-ring (bicyclic) bond motifs is 2. The predicted octanol–water partition coefficient (Wildman–Crippen LogP) is 3.79. The molecule has 0 radical (unpaired) electrons. The van der Waals surface area contributed by atoms with Crippen LogP contribution in [0.5, 0.6) is 0 Å². The van der Waals surface area contributed by atoms with Crippen LogP contribution in [0, 0.1) is 0 Å². The van der Waals surface area contributed by atoms with E-state index in [1.54, 1.807) is 12.1 Å². The molecule has 0 atom stereocenters. The van der Waals surface area contributed by atoms with Crippen LogP contribution in [0.15, 0.2) is 52.3 Å². The molecule has 0 unspecified atom stereocenters. The lowest BCUT2D eigenvalue weighted by molar-refractivity contribution is -0.137. The molecule has 0 saturated carbocycles. The zero-order chi connectivity index (χ0) is 15.9. The number of alkyl halides is 3. The Hall–Kier alpha value is -1.99. The van der Waals surface area contributed by atoms with E-state index in [1.807, 2.05) is 12.1 Å². The number of hydrogen-bond acceptors (Lipinski definition) is 3. The first-order valence-electron chi connectivity index (χ1n) is 6.43. The van der Waals surface area contributed by atoms with Gasteiger partial charge in [0.2, 0.25) is 5.91 Å². The first-order valence-corrected chi connectivity index (χ1v) is 7.24. The van der Waals surface area contributed by atoms with Gasteiger partial charge in [-0.3, -0.25) is 9.69 Å². The number of carbonyl (C=O) groups excluding carboxylic acids is 1. The molecule has 1 aliphatic heterocycles. The highest BCUT2D eigenvalue weighted by molar-refractivity contribution is 7.99. The summed E-state index contributed by atoms with van der Waals surface area (Å²) in [4.78, 5) is 14.8. The lowest BCUT2D eigenvalue weighted by atomic mass is 10.1. The minimum absolute atomic E-state index is 0.217. The Morgan fingerprint density at radius 1 is 1.09 bits per heavy atom. The summed E-state index contributed by atoms with van der Waals surface area (Å²) in [5.41, 5.74) is 5.40. The maximum absolute atomic E-state index is 12.9. The molecule has 0 spiro atoms. The lowest BCUT2D eigenvalue weighted by Gasteiger charge is -2.31. The number of hydrogen-bond donors (Lipinski definition) is 1. The molecular weight excluding hydrogens is 313 g/mol. The van der Waals surface area contributed by atoms with Gasteiger partial charge in [-0.1, -0.05) is 23.9 Å². The van der Waals surface area contributed by atoms with Gasteiger partial charge in [-0.2, -0.15) is 13.2 Å². The summed E-state index contributed by atoms with van der Waals surface area (Å²) in [6.07, 6.45) is -4.46. The van der Waals surface area contributed by atoms with Crippen molar-refractivity contribution in [2.45, 2.75) is 16.0 Å². The molecule has 3 rings (SSSR count). The van der Waals surface area contributed by atoms with Crippen LogP contribution in [-0.2, 0) is 11.0 Å². The highest BCUT2D eigenvalue weighted by atomic mass is 32.2.